The number of piperidine rings is 1. The van der Waals surface area contributed by atoms with Crippen LogP contribution in [0.3, 0.4) is 0 Å². The number of hydrogen-bond donors (Lipinski definition) is 2. The smallest absolute Gasteiger partial charge is 0.125 e. The summed E-state index contributed by atoms with van der Waals surface area (Å²) in [5, 5.41) is 12.4. The molecule has 2 N–H and O–H groups in total. The van der Waals surface area contributed by atoms with E-state index < -0.39 is 0 Å². The maximum atomic E-state index is 9.40. The van der Waals surface area contributed by atoms with Crippen molar-refractivity contribution >= 4 is 27.4 Å². The Bertz CT molecular complexity index is 349. The first-order valence-electron chi connectivity index (χ1n) is 6.73. The molecule has 1 saturated heterocycles. The highest BCUT2D eigenvalue weighted by atomic mass is 79.9. The number of nitrogens with one attached hydrogen (secondary N) is 1. The molecule has 2 rings (SSSR count). The summed E-state index contributed by atoms with van der Waals surface area (Å²) < 4.78 is 0. The van der Waals surface area contributed by atoms with Crippen LogP contribution < -0.4 is 10.2 Å². The standard InChI is InChI=1S/C11H17N3O.C3H6.CH3Br/c1-12-11-3-2-9(8-13-11)14-6-4-10(15)5-7-14;1-3-2;1-2/h2-3,8,10,15H,4-7H2,1H3,(H,12,13);3H,1H2,2H3;1H3. The van der Waals surface area contributed by atoms with Gasteiger partial charge in [-0.25, -0.2) is 4.98 Å². The summed E-state index contributed by atoms with van der Waals surface area (Å²) in [7, 11) is 1.86. The molecule has 0 spiro atoms. The number of anilines is 2. The maximum Gasteiger partial charge on any atom is 0.125 e. The summed E-state index contributed by atoms with van der Waals surface area (Å²) in [5.74, 6) is 2.70. The minimum Gasteiger partial charge on any atom is -0.393 e. The van der Waals surface area contributed by atoms with Crippen LogP contribution in [0, 0.1) is 0 Å². The minimum absolute atomic E-state index is 0.120. The molecule has 0 atom stereocenters. The van der Waals surface area contributed by atoms with Gasteiger partial charge < -0.3 is 15.3 Å². The number of pyridine rings is 1. The van der Waals surface area contributed by atoms with E-state index in [2.05, 4.69) is 43.8 Å². The Hall–Kier alpha value is -1.07. The molecule has 1 aliphatic rings. The molecule has 4 nitrogen and oxygen atoms in total. The Morgan fingerprint density at radius 2 is 1.95 bits per heavy atom. The van der Waals surface area contributed by atoms with Gasteiger partial charge in [-0.2, -0.15) is 0 Å². The van der Waals surface area contributed by atoms with E-state index >= 15 is 0 Å². The summed E-state index contributed by atoms with van der Waals surface area (Å²) in [6, 6.07) is 4.04. The van der Waals surface area contributed by atoms with Crippen molar-refractivity contribution in [2.45, 2.75) is 25.9 Å². The number of aromatic nitrogens is 1. The predicted molar refractivity (Wildman–Crippen MR) is 92.0 cm³/mol. The molecule has 5 heteroatoms. The first kappa shape index (κ1) is 18.9. The van der Waals surface area contributed by atoms with Crippen molar-refractivity contribution in [3.8, 4) is 0 Å². The Morgan fingerprint density at radius 1 is 1.40 bits per heavy atom. The van der Waals surface area contributed by atoms with Gasteiger partial charge in [0.05, 0.1) is 18.0 Å². The van der Waals surface area contributed by atoms with Gasteiger partial charge in [0.25, 0.3) is 0 Å². The number of nitrogens with zero attached hydrogens (tertiary/aromatic N) is 2. The SMILES string of the molecule is C=CC.CBr.CNc1ccc(N2CCC(O)CC2)cn1. The van der Waals surface area contributed by atoms with Gasteiger partial charge in [0.2, 0.25) is 0 Å². The highest BCUT2D eigenvalue weighted by Crippen LogP contribution is 2.19. The van der Waals surface area contributed by atoms with Gasteiger partial charge >= 0.3 is 0 Å². The quantitative estimate of drug-likeness (QED) is 0.639. The number of rotatable bonds is 2. The number of aliphatic hydroxyl groups is 1. The first-order valence-corrected chi connectivity index (χ1v) is 8.31. The molecule has 0 amide bonds. The van der Waals surface area contributed by atoms with Crippen molar-refractivity contribution in [3.05, 3.63) is 31.0 Å². The van der Waals surface area contributed by atoms with E-state index in [0.29, 0.717) is 0 Å². The van der Waals surface area contributed by atoms with Crippen LogP contribution in [0.2, 0.25) is 0 Å². The normalized spacial score (nSPS) is 14.3. The van der Waals surface area contributed by atoms with Crippen LogP contribution in [-0.4, -0.2) is 42.2 Å². The molecule has 0 aliphatic carbocycles. The molecule has 1 aromatic rings. The molecule has 1 fully saturated rings. The third kappa shape index (κ3) is 6.91. The molecular formula is C15H26BrN3O. The second kappa shape index (κ2) is 11.7. The molecule has 20 heavy (non-hydrogen) atoms. The fourth-order valence-electron chi connectivity index (χ4n) is 1.85. The number of alkyl halides is 1. The van der Waals surface area contributed by atoms with Crippen LogP contribution >= 0.6 is 15.9 Å². The minimum atomic E-state index is -0.120. The zero-order chi connectivity index (χ0) is 15.4. The molecule has 0 saturated carbocycles. The lowest BCUT2D eigenvalue weighted by Crippen LogP contribution is -2.35. The third-order valence-electron chi connectivity index (χ3n) is 2.83. The summed E-state index contributed by atoms with van der Waals surface area (Å²) in [4.78, 5) is 6.54. The molecule has 0 unspecified atom stereocenters. The number of halogens is 1. The highest BCUT2D eigenvalue weighted by molar-refractivity contribution is 9.08. The molecule has 1 aliphatic heterocycles. The van der Waals surface area contributed by atoms with Crippen molar-refractivity contribution in [2.75, 3.05) is 36.2 Å². The number of allylic oxidation sites excluding steroid dienone is 1. The molecular weight excluding hydrogens is 318 g/mol. The van der Waals surface area contributed by atoms with Crippen LogP contribution in [0.4, 0.5) is 11.5 Å². The molecule has 0 radical (unpaired) electrons. The lowest BCUT2D eigenvalue weighted by Gasteiger charge is -2.31. The van der Waals surface area contributed by atoms with E-state index in [1.165, 1.54) is 0 Å². The zero-order valence-corrected chi connectivity index (χ0v) is 14.2. The fraction of sp³-hybridized carbons (Fsp3) is 0.533. The van der Waals surface area contributed by atoms with Crippen LogP contribution in [0.5, 0.6) is 0 Å². The summed E-state index contributed by atoms with van der Waals surface area (Å²) in [5.41, 5.74) is 1.14. The average Bonchev–Trinajstić information content (AvgIpc) is 2.51. The maximum absolute atomic E-state index is 9.40. The second-order valence-corrected chi connectivity index (χ2v) is 4.28. The number of aliphatic hydroxyl groups excluding tert-OH is 1. The topological polar surface area (TPSA) is 48.4 Å². The first-order chi connectivity index (χ1) is 9.71. The van der Waals surface area contributed by atoms with Crippen molar-refractivity contribution in [3.63, 3.8) is 0 Å². The van der Waals surface area contributed by atoms with E-state index in [0.717, 1.165) is 37.4 Å². The second-order valence-electron chi connectivity index (χ2n) is 4.28. The van der Waals surface area contributed by atoms with Crippen molar-refractivity contribution in [1.82, 2.24) is 4.98 Å². The Morgan fingerprint density at radius 3 is 2.35 bits per heavy atom. The Kier molecular flexibility index (Phi) is 11.1. The van der Waals surface area contributed by atoms with E-state index in [9.17, 15) is 5.11 Å². The van der Waals surface area contributed by atoms with E-state index in [4.69, 9.17) is 0 Å². The van der Waals surface area contributed by atoms with Gasteiger partial charge in [-0.3, -0.25) is 0 Å². The van der Waals surface area contributed by atoms with E-state index in [1.54, 1.807) is 6.08 Å². The van der Waals surface area contributed by atoms with Gasteiger partial charge in [-0.1, -0.05) is 22.0 Å². The van der Waals surface area contributed by atoms with Gasteiger partial charge in [-0.05, 0) is 37.7 Å². The summed E-state index contributed by atoms with van der Waals surface area (Å²) >= 11 is 2.94. The predicted octanol–water partition coefficient (Wildman–Crippen LogP) is 3.29. The van der Waals surface area contributed by atoms with E-state index in [-0.39, 0.29) is 6.10 Å². The summed E-state index contributed by atoms with van der Waals surface area (Å²) in [6.07, 6.45) is 5.22. The largest absolute Gasteiger partial charge is 0.393 e. The van der Waals surface area contributed by atoms with Crippen LogP contribution in [-0.2, 0) is 0 Å². The highest BCUT2D eigenvalue weighted by Gasteiger charge is 2.17. The van der Waals surface area contributed by atoms with Crippen LogP contribution in [0.15, 0.2) is 31.0 Å². The number of hydrogen-bond acceptors (Lipinski definition) is 4. The Balaban J connectivity index is 0.000000641. The van der Waals surface area contributed by atoms with Crippen molar-refractivity contribution < 1.29 is 5.11 Å². The van der Waals surface area contributed by atoms with E-state index in [1.807, 2.05) is 32.1 Å². The van der Waals surface area contributed by atoms with Gasteiger partial charge in [-0.15, -0.1) is 6.58 Å². The molecule has 114 valence electrons. The fourth-order valence-corrected chi connectivity index (χ4v) is 1.85. The van der Waals surface area contributed by atoms with Gasteiger partial charge in [0.15, 0.2) is 0 Å². The lowest BCUT2D eigenvalue weighted by atomic mass is 10.1. The van der Waals surface area contributed by atoms with Crippen LogP contribution in [0.25, 0.3) is 0 Å². The Labute approximate surface area is 131 Å². The van der Waals surface area contributed by atoms with Crippen molar-refractivity contribution in [2.24, 2.45) is 0 Å². The van der Waals surface area contributed by atoms with Gasteiger partial charge in [0, 0.05) is 20.1 Å². The average molecular weight is 344 g/mol. The molecule has 0 bridgehead atoms. The van der Waals surface area contributed by atoms with Gasteiger partial charge in [0.1, 0.15) is 5.82 Å². The molecule has 2 heterocycles. The van der Waals surface area contributed by atoms with Crippen LogP contribution in [0.1, 0.15) is 19.8 Å². The third-order valence-corrected chi connectivity index (χ3v) is 2.83. The zero-order valence-electron chi connectivity index (χ0n) is 12.6. The molecule has 1 aromatic heterocycles. The lowest BCUT2D eigenvalue weighted by molar-refractivity contribution is 0.145. The van der Waals surface area contributed by atoms with Crippen molar-refractivity contribution in [1.29, 1.82) is 0 Å². The molecule has 0 aromatic carbocycles. The monoisotopic (exact) mass is 343 g/mol. The summed E-state index contributed by atoms with van der Waals surface area (Å²) in [6.45, 7) is 7.09.